The highest BCUT2D eigenvalue weighted by molar-refractivity contribution is 5.94. The zero-order chi connectivity index (χ0) is 19.1. The fourth-order valence-corrected chi connectivity index (χ4v) is 4.37. The minimum atomic E-state index is 0.0474. The summed E-state index contributed by atoms with van der Waals surface area (Å²) >= 11 is 0. The number of nitrogens with one attached hydrogen (secondary N) is 1. The second-order valence-electron chi connectivity index (χ2n) is 7.64. The monoisotopic (exact) mass is 376 g/mol. The average Bonchev–Trinajstić information content (AvgIpc) is 3.35. The maximum absolute atomic E-state index is 13.3. The van der Waals surface area contributed by atoms with Gasteiger partial charge in [0.2, 0.25) is 0 Å². The number of rotatable bonds is 3. The summed E-state index contributed by atoms with van der Waals surface area (Å²) in [4.78, 5) is 25.1. The summed E-state index contributed by atoms with van der Waals surface area (Å²) in [6.07, 6.45) is 5.42. The Morgan fingerprint density at radius 3 is 2.82 bits per heavy atom. The van der Waals surface area contributed by atoms with E-state index in [1.807, 2.05) is 28.9 Å². The van der Waals surface area contributed by atoms with Gasteiger partial charge in [0.1, 0.15) is 5.82 Å². The quantitative estimate of drug-likeness (QED) is 0.758. The lowest BCUT2D eigenvalue weighted by Crippen LogP contribution is -2.37. The maximum Gasteiger partial charge on any atom is 0.275 e. The minimum absolute atomic E-state index is 0.0474. The second-order valence-corrected chi connectivity index (χ2v) is 7.64. The predicted octanol–water partition coefficient (Wildman–Crippen LogP) is 1.90. The van der Waals surface area contributed by atoms with E-state index >= 15 is 0 Å². The Bertz CT molecular complexity index is 1010. The number of H-pyrrole nitrogens is 1. The second kappa shape index (κ2) is 6.91. The number of amides is 1. The van der Waals surface area contributed by atoms with Crippen LogP contribution in [0.4, 0.5) is 0 Å². The molecule has 0 aliphatic carbocycles. The Labute approximate surface area is 164 Å². The molecular formula is C21H24N6O. The molecule has 0 saturated heterocycles. The molecule has 7 nitrogen and oxygen atoms in total. The Kier molecular flexibility index (Phi) is 4.24. The Hall–Kier alpha value is -2.93. The van der Waals surface area contributed by atoms with Crippen molar-refractivity contribution < 1.29 is 4.79 Å². The van der Waals surface area contributed by atoms with E-state index in [2.05, 4.69) is 38.2 Å². The number of aromatic amines is 1. The predicted molar refractivity (Wildman–Crippen MR) is 105 cm³/mol. The highest BCUT2D eigenvalue weighted by atomic mass is 16.2. The van der Waals surface area contributed by atoms with E-state index in [1.165, 1.54) is 16.8 Å². The zero-order valence-electron chi connectivity index (χ0n) is 16.1. The van der Waals surface area contributed by atoms with Gasteiger partial charge in [-0.1, -0.05) is 24.3 Å². The van der Waals surface area contributed by atoms with Gasteiger partial charge < -0.3 is 9.88 Å². The van der Waals surface area contributed by atoms with Crippen LogP contribution in [0.3, 0.4) is 0 Å². The van der Waals surface area contributed by atoms with Crippen LogP contribution in [-0.2, 0) is 39.5 Å². The first-order valence-corrected chi connectivity index (χ1v) is 9.80. The molecule has 144 valence electrons. The van der Waals surface area contributed by atoms with Crippen molar-refractivity contribution in [3.63, 3.8) is 0 Å². The standard InChI is InChI=1S/C21H24N6O/c1-25-18-7-10-26(14-19-22-8-9-23-19)13-17(18)20(24-25)21(28)27-11-6-15-4-2-3-5-16(15)12-27/h2-5,8-9H,6-7,10-14H2,1H3,(H,22,23). The molecule has 5 rings (SSSR count). The molecule has 2 aliphatic rings. The number of aryl methyl sites for hydroxylation is 1. The van der Waals surface area contributed by atoms with Crippen LogP contribution in [0.5, 0.6) is 0 Å². The molecule has 1 aromatic carbocycles. The summed E-state index contributed by atoms with van der Waals surface area (Å²) in [6, 6.07) is 8.39. The molecule has 28 heavy (non-hydrogen) atoms. The molecule has 3 aromatic rings. The lowest BCUT2D eigenvalue weighted by molar-refractivity contribution is 0.0725. The summed E-state index contributed by atoms with van der Waals surface area (Å²) in [6.45, 7) is 3.84. The van der Waals surface area contributed by atoms with Crippen LogP contribution in [0.25, 0.3) is 0 Å². The van der Waals surface area contributed by atoms with Crippen LogP contribution in [0.2, 0.25) is 0 Å². The van der Waals surface area contributed by atoms with Gasteiger partial charge in [0.25, 0.3) is 5.91 Å². The van der Waals surface area contributed by atoms with E-state index in [0.29, 0.717) is 12.2 Å². The largest absolute Gasteiger partial charge is 0.348 e. The maximum atomic E-state index is 13.3. The van der Waals surface area contributed by atoms with Crippen LogP contribution in [0.1, 0.15) is 38.7 Å². The van der Waals surface area contributed by atoms with E-state index in [-0.39, 0.29) is 5.91 Å². The number of fused-ring (bicyclic) bond motifs is 2. The summed E-state index contributed by atoms with van der Waals surface area (Å²) < 4.78 is 1.89. The normalized spacial score (nSPS) is 16.7. The highest BCUT2D eigenvalue weighted by Gasteiger charge is 2.31. The number of imidazole rings is 1. The number of hydrogen-bond donors (Lipinski definition) is 1. The number of aromatic nitrogens is 4. The number of benzene rings is 1. The first kappa shape index (κ1) is 17.2. The lowest BCUT2D eigenvalue weighted by atomic mass is 9.99. The van der Waals surface area contributed by atoms with E-state index in [4.69, 9.17) is 0 Å². The number of carbonyl (C=O) groups excluding carboxylic acids is 1. The van der Waals surface area contributed by atoms with E-state index in [1.54, 1.807) is 6.20 Å². The Morgan fingerprint density at radius 2 is 2.00 bits per heavy atom. The fraction of sp³-hybridized carbons (Fsp3) is 0.381. The molecular weight excluding hydrogens is 352 g/mol. The molecule has 4 heterocycles. The molecule has 0 fully saturated rings. The van der Waals surface area contributed by atoms with Gasteiger partial charge in [-0.3, -0.25) is 14.4 Å². The van der Waals surface area contributed by atoms with Gasteiger partial charge in [0.15, 0.2) is 5.69 Å². The van der Waals surface area contributed by atoms with Crippen LogP contribution in [0.15, 0.2) is 36.7 Å². The van der Waals surface area contributed by atoms with Crippen molar-refractivity contribution in [1.82, 2.24) is 29.5 Å². The van der Waals surface area contributed by atoms with Crippen molar-refractivity contribution in [1.29, 1.82) is 0 Å². The molecule has 7 heteroatoms. The highest BCUT2D eigenvalue weighted by Crippen LogP contribution is 2.26. The van der Waals surface area contributed by atoms with Crippen molar-refractivity contribution in [2.45, 2.75) is 32.5 Å². The van der Waals surface area contributed by atoms with Gasteiger partial charge in [-0.25, -0.2) is 4.98 Å². The minimum Gasteiger partial charge on any atom is -0.348 e. The molecule has 1 N–H and O–H groups in total. The third kappa shape index (κ3) is 3.01. The Morgan fingerprint density at radius 1 is 1.14 bits per heavy atom. The smallest absolute Gasteiger partial charge is 0.275 e. The van der Waals surface area contributed by atoms with Crippen molar-refractivity contribution in [2.24, 2.45) is 7.05 Å². The topological polar surface area (TPSA) is 70.1 Å². The fourth-order valence-electron chi connectivity index (χ4n) is 4.37. The lowest BCUT2D eigenvalue weighted by Gasteiger charge is -2.30. The number of hydrogen-bond acceptors (Lipinski definition) is 4. The van der Waals surface area contributed by atoms with Gasteiger partial charge in [-0.2, -0.15) is 5.10 Å². The van der Waals surface area contributed by atoms with Crippen molar-refractivity contribution >= 4 is 5.91 Å². The van der Waals surface area contributed by atoms with Crippen molar-refractivity contribution in [2.75, 3.05) is 13.1 Å². The Balaban J connectivity index is 1.39. The van der Waals surface area contributed by atoms with Gasteiger partial charge in [-0.05, 0) is 17.5 Å². The van der Waals surface area contributed by atoms with E-state index in [9.17, 15) is 4.79 Å². The summed E-state index contributed by atoms with van der Waals surface area (Å²) in [5.74, 6) is 0.999. The van der Waals surface area contributed by atoms with E-state index in [0.717, 1.165) is 50.4 Å². The first-order valence-electron chi connectivity index (χ1n) is 9.80. The first-order chi connectivity index (χ1) is 13.7. The molecule has 0 unspecified atom stereocenters. The number of carbonyl (C=O) groups is 1. The average molecular weight is 376 g/mol. The molecule has 2 aliphatic heterocycles. The summed E-state index contributed by atoms with van der Waals surface area (Å²) in [5, 5.41) is 4.63. The van der Waals surface area contributed by atoms with Gasteiger partial charge >= 0.3 is 0 Å². The third-order valence-electron chi connectivity index (χ3n) is 5.87. The molecule has 0 bridgehead atoms. The van der Waals surface area contributed by atoms with Crippen LogP contribution < -0.4 is 0 Å². The number of nitrogens with zero attached hydrogens (tertiary/aromatic N) is 5. The third-order valence-corrected chi connectivity index (χ3v) is 5.87. The molecule has 0 saturated carbocycles. The summed E-state index contributed by atoms with van der Waals surface area (Å²) in [7, 11) is 1.95. The molecule has 0 spiro atoms. The zero-order valence-corrected chi connectivity index (χ0v) is 16.1. The molecule has 2 aromatic heterocycles. The van der Waals surface area contributed by atoms with E-state index < -0.39 is 0 Å². The van der Waals surface area contributed by atoms with Crippen LogP contribution in [0, 0.1) is 0 Å². The van der Waals surface area contributed by atoms with Crippen molar-refractivity contribution in [3.8, 4) is 0 Å². The van der Waals surface area contributed by atoms with Crippen LogP contribution in [-0.4, -0.2) is 48.5 Å². The summed E-state index contributed by atoms with van der Waals surface area (Å²) in [5.41, 5.74) is 5.45. The van der Waals surface area contributed by atoms with Gasteiger partial charge in [-0.15, -0.1) is 0 Å². The molecule has 0 atom stereocenters. The van der Waals surface area contributed by atoms with Crippen molar-refractivity contribution in [3.05, 3.63) is 70.6 Å². The molecule has 0 radical (unpaired) electrons. The van der Waals surface area contributed by atoms with Crippen LogP contribution >= 0.6 is 0 Å². The van der Waals surface area contributed by atoms with Gasteiger partial charge in [0, 0.05) is 63.3 Å². The SMILES string of the molecule is Cn1nc(C(=O)N2CCc3ccccc3C2)c2c1CCN(Cc1ncc[nH]1)C2. The van der Waals surface area contributed by atoms with Gasteiger partial charge in [0.05, 0.1) is 6.54 Å². The molecule has 1 amide bonds.